The van der Waals surface area contributed by atoms with Gasteiger partial charge in [-0.15, -0.1) is 0 Å². The lowest BCUT2D eigenvalue weighted by Crippen LogP contribution is -2.13. The number of sulfonamides is 1. The Balaban J connectivity index is 3.09. The maximum Gasteiger partial charge on any atom is 0.241 e. The Morgan fingerprint density at radius 1 is 1.42 bits per heavy atom. The van der Waals surface area contributed by atoms with E-state index in [0.717, 1.165) is 0 Å². The first-order valence-corrected chi connectivity index (χ1v) is 4.92. The molecule has 12 heavy (non-hydrogen) atoms. The van der Waals surface area contributed by atoms with Crippen molar-refractivity contribution in [3.8, 4) is 0 Å². The van der Waals surface area contributed by atoms with Gasteiger partial charge in [0.2, 0.25) is 10.0 Å². The Morgan fingerprint density at radius 3 is 2.25 bits per heavy atom. The largest absolute Gasteiger partial charge is 0.241 e. The third-order valence-electron chi connectivity index (χ3n) is 1.33. The van der Waals surface area contributed by atoms with Crippen molar-refractivity contribution in [2.75, 3.05) is 0 Å². The van der Waals surface area contributed by atoms with Gasteiger partial charge in [0, 0.05) is 6.42 Å². The van der Waals surface area contributed by atoms with Crippen LogP contribution in [-0.2, 0) is 16.4 Å². The summed E-state index contributed by atoms with van der Waals surface area (Å²) in [5.74, 6) is 0.599. The number of hydrogen-bond donors (Lipinski definition) is 1. The molecule has 0 spiro atoms. The number of nitrogens with zero attached hydrogens (tertiary/aromatic N) is 2. The summed E-state index contributed by atoms with van der Waals surface area (Å²) < 4.78 is 21.5. The molecule has 1 rings (SSSR count). The zero-order chi connectivity index (χ0) is 9.19. The van der Waals surface area contributed by atoms with E-state index >= 15 is 0 Å². The predicted octanol–water partition coefficient (Wildman–Crippen LogP) is -0.314. The lowest BCUT2D eigenvalue weighted by molar-refractivity contribution is 0.596. The zero-order valence-electron chi connectivity index (χ0n) is 6.56. The van der Waals surface area contributed by atoms with E-state index in [1.165, 1.54) is 12.4 Å². The van der Waals surface area contributed by atoms with Gasteiger partial charge >= 0.3 is 0 Å². The molecule has 0 aliphatic heterocycles. The van der Waals surface area contributed by atoms with Crippen molar-refractivity contribution >= 4 is 10.0 Å². The summed E-state index contributed by atoms with van der Waals surface area (Å²) in [6.07, 6.45) is 3.09. The first-order valence-electron chi connectivity index (χ1n) is 3.37. The van der Waals surface area contributed by atoms with Crippen molar-refractivity contribution in [2.24, 2.45) is 5.14 Å². The molecular formula is C6H9N3O2S. The van der Waals surface area contributed by atoms with Crippen molar-refractivity contribution in [1.29, 1.82) is 0 Å². The molecule has 0 aliphatic rings. The molecule has 1 aromatic heterocycles. The van der Waals surface area contributed by atoms with Crippen molar-refractivity contribution in [3.05, 3.63) is 18.2 Å². The third kappa shape index (κ3) is 1.99. The van der Waals surface area contributed by atoms with Crippen LogP contribution in [0.1, 0.15) is 12.7 Å². The molecule has 0 fully saturated rings. The average molecular weight is 187 g/mol. The second-order valence-electron chi connectivity index (χ2n) is 2.23. The minimum atomic E-state index is -3.65. The molecule has 0 aromatic carbocycles. The topological polar surface area (TPSA) is 85.9 Å². The van der Waals surface area contributed by atoms with E-state index in [0.29, 0.717) is 12.2 Å². The molecule has 1 aromatic rings. The molecular weight excluding hydrogens is 178 g/mol. The SMILES string of the molecule is CCc1ncc(S(N)(=O)=O)cn1. The molecule has 0 amide bonds. The first kappa shape index (κ1) is 9.08. The van der Waals surface area contributed by atoms with E-state index in [9.17, 15) is 8.42 Å². The summed E-state index contributed by atoms with van der Waals surface area (Å²) in [5, 5.41) is 4.84. The summed E-state index contributed by atoms with van der Waals surface area (Å²) in [7, 11) is -3.65. The van der Waals surface area contributed by atoms with Crippen LogP contribution in [0.4, 0.5) is 0 Å². The average Bonchev–Trinajstić information content (AvgIpc) is 2.03. The second kappa shape index (κ2) is 3.16. The van der Waals surface area contributed by atoms with E-state index in [1.807, 2.05) is 6.92 Å². The molecule has 0 aliphatic carbocycles. The number of nitrogens with two attached hydrogens (primary N) is 1. The molecule has 66 valence electrons. The first-order chi connectivity index (χ1) is 5.54. The van der Waals surface area contributed by atoms with E-state index in [-0.39, 0.29) is 4.90 Å². The minimum absolute atomic E-state index is 0.0558. The molecule has 0 radical (unpaired) electrons. The Bertz CT molecular complexity index is 357. The lowest BCUT2D eigenvalue weighted by Gasteiger charge is -1.97. The van der Waals surface area contributed by atoms with Crippen LogP contribution < -0.4 is 5.14 Å². The molecule has 0 unspecified atom stereocenters. The number of primary sulfonamides is 1. The van der Waals surface area contributed by atoms with Gasteiger partial charge in [-0.2, -0.15) is 0 Å². The molecule has 0 atom stereocenters. The van der Waals surface area contributed by atoms with Gasteiger partial charge in [0.05, 0.1) is 12.4 Å². The highest BCUT2D eigenvalue weighted by molar-refractivity contribution is 7.89. The van der Waals surface area contributed by atoms with Crippen molar-refractivity contribution in [3.63, 3.8) is 0 Å². The van der Waals surface area contributed by atoms with Gasteiger partial charge in [-0.25, -0.2) is 23.5 Å². The normalized spacial score (nSPS) is 11.5. The smallest absolute Gasteiger partial charge is 0.240 e. The van der Waals surface area contributed by atoms with Crippen LogP contribution in [0.3, 0.4) is 0 Å². The maximum atomic E-state index is 10.7. The third-order valence-corrected chi connectivity index (χ3v) is 2.19. The quantitative estimate of drug-likeness (QED) is 0.687. The number of rotatable bonds is 2. The molecule has 5 nitrogen and oxygen atoms in total. The summed E-state index contributed by atoms with van der Waals surface area (Å²) >= 11 is 0. The van der Waals surface area contributed by atoms with Crippen LogP contribution >= 0.6 is 0 Å². The zero-order valence-corrected chi connectivity index (χ0v) is 7.37. The van der Waals surface area contributed by atoms with Crippen molar-refractivity contribution < 1.29 is 8.42 Å². The monoisotopic (exact) mass is 187 g/mol. The molecule has 0 bridgehead atoms. The Kier molecular flexibility index (Phi) is 2.39. The van der Waals surface area contributed by atoms with E-state index < -0.39 is 10.0 Å². The van der Waals surface area contributed by atoms with Gasteiger partial charge in [0.15, 0.2) is 0 Å². The van der Waals surface area contributed by atoms with Gasteiger partial charge in [0.25, 0.3) is 0 Å². The molecule has 1 heterocycles. The fraction of sp³-hybridized carbons (Fsp3) is 0.333. The molecule has 0 saturated heterocycles. The van der Waals surface area contributed by atoms with Crippen LogP contribution in [0.2, 0.25) is 0 Å². The predicted molar refractivity (Wildman–Crippen MR) is 42.8 cm³/mol. The number of aromatic nitrogens is 2. The fourth-order valence-electron chi connectivity index (χ4n) is 0.672. The highest BCUT2D eigenvalue weighted by Gasteiger charge is 2.07. The summed E-state index contributed by atoms with van der Waals surface area (Å²) in [5.41, 5.74) is 0. The summed E-state index contributed by atoms with van der Waals surface area (Å²) in [6.45, 7) is 1.88. The fourth-order valence-corrected chi connectivity index (χ4v) is 1.07. The van der Waals surface area contributed by atoms with Crippen LogP contribution in [0.25, 0.3) is 0 Å². The van der Waals surface area contributed by atoms with Crippen LogP contribution in [0.5, 0.6) is 0 Å². The van der Waals surface area contributed by atoms with E-state index in [4.69, 9.17) is 5.14 Å². The molecule has 2 N–H and O–H groups in total. The van der Waals surface area contributed by atoms with Gasteiger partial charge in [-0.1, -0.05) is 6.92 Å². The molecule has 6 heteroatoms. The van der Waals surface area contributed by atoms with Gasteiger partial charge < -0.3 is 0 Å². The van der Waals surface area contributed by atoms with Gasteiger partial charge in [-0.3, -0.25) is 0 Å². The van der Waals surface area contributed by atoms with Gasteiger partial charge in [-0.05, 0) is 0 Å². The minimum Gasteiger partial charge on any atom is -0.240 e. The Labute approximate surface area is 70.7 Å². The lowest BCUT2D eigenvalue weighted by atomic mass is 10.4. The van der Waals surface area contributed by atoms with Crippen LogP contribution in [0, 0.1) is 0 Å². The highest BCUT2D eigenvalue weighted by atomic mass is 32.2. The van der Waals surface area contributed by atoms with E-state index in [2.05, 4.69) is 9.97 Å². The van der Waals surface area contributed by atoms with Crippen molar-refractivity contribution in [2.45, 2.75) is 18.2 Å². The Hall–Kier alpha value is -1.01. The van der Waals surface area contributed by atoms with Crippen LogP contribution in [-0.4, -0.2) is 18.4 Å². The van der Waals surface area contributed by atoms with E-state index in [1.54, 1.807) is 0 Å². The van der Waals surface area contributed by atoms with Gasteiger partial charge in [0.1, 0.15) is 10.7 Å². The molecule has 0 saturated carbocycles. The standard InChI is InChI=1S/C6H9N3O2S/c1-2-6-8-3-5(4-9-6)12(7,10)11/h3-4H,2H2,1H3,(H2,7,10,11). The number of hydrogen-bond acceptors (Lipinski definition) is 4. The maximum absolute atomic E-state index is 10.7. The van der Waals surface area contributed by atoms with Crippen molar-refractivity contribution in [1.82, 2.24) is 9.97 Å². The second-order valence-corrected chi connectivity index (χ2v) is 3.79. The Morgan fingerprint density at radius 2 is 1.92 bits per heavy atom. The summed E-state index contributed by atoms with van der Waals surface area (Å²) in [4.78, 5) is 7.53. The summed E-state index contributed by atoms with van der Waals surface area (Å²) in [6, 6.07) is 0. The van der Waals surface area contributed by atoms with Crippen LogP contribution in [0.15, 0.2) is 17.3 Å². The highest BCUT2D eigenvalue weighted by Crippen LogP contribution is 2.01. The number of aryl methyl sites for hydroxylation is 1.